The first-order valence-corrected chi connectivity index (χ1v) is 9.23. The number of alkyl halides is 3. The molecule has 1 atom stereocenters. The third kappa shape index (κ3) is 4.29. The molecule has 0 fully saturated rings. The van der Waals surface area contributed by atoms with Gasteiger partial charge in [-0.15, -0.1) is 0 Å². The zero-order valence-corrected chi connectivity index (χ0v) is 16.1. The van der Waals surface area contributed by atoms with Crippen molar-refractivity contribution < 1.29 is 22.7 Å². The van der Waals surface area contributed by atoms with Crippen molar-refractivity contribution >= 4 is 22.4 Å². The topological polar surface area (TPSA) is 51.2 Å². The molecule has 0 unspecified atom stereocenters. The number of hydrogen-bond donors (Lipinski definition) is 1. The molecule has 0 spiro atoms. The summed E-state index contributed by atoms with van der Waals surface area (Å²) in [6.45, 7) is 3.74. The molecule has 0 aliphatic heterocycles. The number of nitrogens with one attached hydrogen (secondary N) is 1. The highest BCUT2D eigenvalue weighted by Gasteiger charge is 2.39. The van der Waals surface area contributed by atoms with Crippen LogP contribution in [0.5, 0.6) is 5.75 Å². The van der Waals surface area contributed by atoms with E-state index in [0.29, 0.717) is 28.6 Å². The molecule has 0 saturated carbocycles. The number of amides is 1. The van der Waals surface area contributed by atoms with Crippen LogP contribution in [0.15, 0.2) is 30.5 Å². The van der Waals surface area contributed by atoms with Crippen LogP contribution in [0.1, 0.15) is 49.0 Å². The van der Waals surface area contributed by atoms with E-state index < -0.39 is 12.1 Å². The summed E-state index contributed by atoms with van der Waals surface area (Å²) in [7, 11) is 1.53. The Morgan fingerprint density at radius 3 is 2.61 bits per heavy atom. The maximum Gasteiger partial charge on any atom is 0.392 e. The lowest BCUT2D eigenvalue weighted by molar-refractivity contribution is -0.175. The van der Waals surface area contributed by atoms with Gasteiger partial charge in [-0.25, -0.2) is 0 Å². The van der Waals surface area contributed by atoms with Gasteiger partial charge in [-0.1, -0.05) is 6.08 Å². The first-order valence-electron chi connectivity index (χ1n) is 9.23. The number of fused-ring (bicyclic) bond motifs is 1. The number of halogens is 3. The molecule has 4 nitrogen and oxygen atoms in total. The fraction of sp³-hybridized carbons (Fsp3) is 0.429. The van der Waals surface area contributed by atoms with Crippen LogP contribution in [0.3, 0.4) is 0 Å². The second-order valence-electron chi connectivity index (χ2n) is 7.34. The lowest BCUT2D eigenvalue weighted by Crippen LogP contribution is -2.30. The normalized spacial score (nSPS) is 17.5. The Hall–Kier alpha value is -2.57. The van der Waals surface area contributed by atoms with E-state index in [0.717, 1.165) is 11.1 Å². The van der Waals surface area contributed by atoms with E-state index in [4.69, 9.17) is 4.74 Å². The monoisotopic (exact) mass is 392 g/mol. The molecule has 1 aromatic heterocycles. The predicted molar refractivity (Wildman–Crippen MR) is 102 cm³/mol. The van der Waals surface area contributed by atoms with E-state index >= 15 is 0 Å². The third-order valence-electron chi connectivity index (χ3n) is 4.89. The van der Waals surface area contributed by atoms with Crippen molar-refractivity contribution in [3.8, 4) is 5.75 Å². The Labute approximate surface area is 161 Å². The number of ether oxygens (including phenoxy) is 1. The van der Waals surface area contributed by atoms with Gasteiger partial charge in [0.1, 0.15) is 5.75 Å². The van der Waals surface area contributed by atoms with Crippen LogP contribution in [-0.4, -0.2) is 30.2 Å². The van der Waals surface area contributed by atoms with E-state index in [1.165, 1.54) is 13.3 Å². The second kappa shape index (κ2) is 7.81. The van der Waals surface area contributed by atoms with E-state index in [1.807, 2.05) is 13.8 Å². The largest absolute Gasteiger partial charge is 0.497 e. The summed E-state index contributed by atoms with van der Waals surface area (Å²) in [4.78, 5) is 16.7. The molecule has 1 heterocycles. The van der Waals surface area contributed by atoms with Crippen LogP contribution >= 0.6 is 0 Å². The number of nitrogens with zero attached hydrogens (tertiary/aromatic N) is 1. The van der Waals surface area contributed by atoms with E-state index in [9.17, 15) is 18.0 Å². The van der Waals surface area contributed by atoms with Gasteiger partial charge >= 0.3 is 6.18 Å². The van der Waals surface area contributed by atoms with Gasteiger partial charge < -0.3 is 10.1 Å². The molecule has 0 saturated heterocycles. The van der Waals surface area contributed by atoms with Crippen LogP contribution < -0.4 is 10.1 Å². The summed E-state index contributed by atoms with van der Waals surface area (Å²) in [5.41, 5.74) is 2.66. The number of carbonyl (C=O) groups excluding carboxylic acids is 1. The molecule has 28 heavy (non-hydrogen) atoms. The number of methoxy groups -OCH3 is 1. The predicted octanol–water partition coefficient (Wildman–Crippen LogP) is 5.13. The standard InChI is InChI=1S/C21H23F3N2O2/c1-12(2)26-20(27)15-8-14-9-17(28-3)10-18(19(14)25-11-15)13-4-6-16(7-5-13)21(22,23)24/h4,8-12,16H,5-7H2,1-3H3,(H,26,27)/t16-/m1/s1. The summed E-state index contributed by atoms with van der Waals surface area (Å²) in [5.74, 6) is -0.948. The number of rotatable bonds is 4. The van der Waals surface area contributed by atoms with Crippen molar-refractivity contribution in [1.29, 1.82) is 0 Å². The van der Waals surface area contributed by atoms with Crippen LogP contribution in [0.25, 0.3) is 16.5 Å². The van der Waals surface area contributed by atoms with Crippen molar-refractivity contribution in [2.45, 2.75) is 45.3 Å². The maximum absolute atomic E-state index is 13.0. The van der Waals surface area contributed by atoms with Gasteiger partial charge in [-0.2, -0.15) is 13.2 Å². The lowest BCUT2D eigenvalue weighted by Gasteiger charge is -2.24. The Balaban J connectivity index is 2.01. The molecule has 0 bridgehead atoms. The maximum atomic E-state index is 13.0. The van der Waals surface area contributed by atoms with E-state index in [2.05, 4.69) is 10.3 Å². The Bertz CT molecular complexity index is 920. The number of hydrogen-bond acceptors (Lipinski definition) is 3. The minimum absolute atomic E-state index is 0.00181. The van der Waals surface area contributed by atoms with E-state index in [-0.39, 0.29) is 24.8 Å². The van der Waals surface area contributed by atoms with Gasteiger partial charge in [0.25, 0.3) is 5.91 Å². The summed E-state index contributed by atoms with van der Waals surface area (Å²) in [6.07, 6.45) is -0.677. The Morgan fingerprint density at radius 1 is 1.29 bits per heavy atom. The fourth-order valence-corrected chi connectivity index (χ4v) is 3.43. The number of carbonyl (C=O) groups is 1. The molecule has 0 radical (unpaired) electrons. The van der Waals surface area contributed by atoms with E-state index in [1.54, 1.807) is 24.3 Å². The highest BCUT2D eigenvalue weighted by atomic mass is 19.4. The quantitative estimate of drug-likeness (QED) is 0.785. The molecule has 150 valence electrons. The SMILES string of the molecule is COc1cc(C2=CC[C@@H](C(F)(F)F)CC2)c2ncc(C(=O)NC(C)C)cc2c1. The van der Waals surface area contributed by atoms with Crippen molar-refractivity contribution in [3.05, 3.63) is 41.6 Å². The van der Waals surface area contributed by atoms with Crippen molar-refractivity contribution in [2.24, 2.45) is 5.92 Å². The molecule has 7 heteroatoms. The summed E-state index contributed by atoms with van der Waals surface area (Å²) >= 11 is 0. The van der Waals surface area contributed by atoms with Crippen molar-refractivity contribution in [3.63, 3.8) is 0 Å². The zero-order valence-electron chi connectivity index (χ0n) is 16.1. The number of pyridine rings is 1. The smallest absolute Gasteiger partial charge is 0.392 e. The number of benzene rings is 1. The van der Waals surface area contributed by atoms with Gasteiger partial charge in [0, 0.05) is 23.2 Å². The molecule has 1 N–H and O–H groups in total. The number of allylic oxidation sites excluding steroid dienone is 2. The van der Waals surface area contributed by atoms with Crippen LogP contribution in [0.4, 0.5) is 13.2 Å². The zero-order chi connectivity index (χ0) is 20.5. The highest BCUT2D eigenvalue weighted by molar-refractivity contribution is 6.00. The van der Waals surface area contributed by atoms with Crippen molar-refractivity contribution in [1.82, 2.24) is 10.3 Å². The van der Waals surface area contributed by atoms with Gasteiger partial charge in [-0.05, 0) is 56.9 Å². The average molecular weight is 392 g/mol. The first-order chi connectivity index (χ1) is 13.2. The molecular formula is C21H23F3N2O2. The van der Waals surface area contributed by atoms with Crippen LogP contribution in [0, 0.1) is 5.92 Å². The summed E-state index contributed by atoms with van der Waals surface area (Å²) in [6, 6.07) is 5.30. The summed E-state index contributed by atoms with van der Waals surface area (Å²) in [5, 5.41) is 3.53. The first kappa shape index (κ1) is 20.2. The van der Waals surface area contributed by atoms with Crippen LogP contribution in [0.2, 0.25) is 0 Å². The molecule has 1 aromatic carbocycles. The molecule has 1 aliphatic rings. The molecule has 1 aliphatic carbocycles. The van der Waals surface area contributed by atoms with Crippen molar-refractivity contribution in [2.75, 3.05) is 7.11 Å². The van der Waals surface area contributed by atoms with Gasteiger partial charge in [0.05, 0.1) is 24.1 Å². The lowest BCUT2D eigenvalue weighted by atomic mass is 9.85. The minimum atomic E-state index is -4.17. The molecule has 2 aromatic rings. The van der Waals surface area contributed by atoms with Gasteiger partial charge in [-0.3, -0.25) is 9.78 Å². The Morgan fingerprint density at radius 2 is 2.04 bits per heavy atom. The second-order valence-corrected chi connectivity index (χ2v) is 7.34. The average Bonchev–Trinajstić information content (AvgIpc) is 2.65. The summed E-state index contributed by atoms with van der Waals surface area (Å²) < 4.78 is 44.2. The molecule has 1 amide bonds. The molecular weight excluding hydrogens is 369 g/mol. The Kier molecular flexibility index (Phi) is 5.63. The number of aromatic nitrogens is 1. The fourth-order valence-electron chi connectivity index (χ4n) is 3.43. The van der Waals surface area contributed by atoms with Gasteiger partial charge in [0.15, 0.2) is 0 Å². The minimum Gasteiger partial charge on any atom is -0.497 e. The highest BCUT2D eigenvalue weighted by Crippen LogP contribution is 2.41. The molecule has 3 rings (SSSR count). The van der Waals surface area contributed by atoms with Gasteiger partial charge in [0.2, 0.25) is 0 Å². The van der Waals surface area contributed by atoms with Crippen LogP contribution in [-0.2, 0) is 0 Å². The third-order valence-corrected chi connectivity index (χ3v) is 4.89.